The van der Waals surface area contributed by atoms with Crippen molar-refractivity contribution in [2.75, 3.05) is 26.7 Å². The Kier molecular flexibility index (Phi) is 8.77. The molecule has 0 fully saturated rings. The molecule has 1 unspecified atom stereocenters. The third-order valence-electron chi connectivity index (χ3n) is 7.14. The first-order chi connectivity index (χ1) is 17.4. The summed E-state index contributed by atoms with van der Waals surface area (Å²) in [6.07, 6.45) is 9.66. The molecule has 1 aromatic carbocycles. The van der Waals surface area contributed by atoms with Gasteiger partial charge in [-0.25, -0.2) is 0 Å². The molecule has 1 aliphatic rings. The summed E-state index contributed by atoms with van der Waals surface area (Å²) in [6.45, 7) is 6.35. The van der Waals surface area contributed by atoms with Gasteiger partial charge in [0.15, 0.2) is 0 Å². The zero-order valence-electron chi connectivity index (χ0n) is 21.5. The number of hydrogen-bond donors (Lipinski definition) is 2. The van der Waals surface area contributed by atoms with E-state index in [2.05, 4.69) is 33.8 Å². The molecule has 0 saturated heterocycles. The Hall–Kier alpha value is -2.75. The van der Waals surface area contributed by atoms with Crippen LogP contribution in [0.2, 0.25) is 0 Å². The molecule has 1 aliphatic heterocycles. The van der Waals surface area contributed by atoms with Crippen molar-refractivity contribution in [1.82, 2.24) is 13.7 Å². The highest BCUT2D eigenvalue weighted by molar-refractivity contribution is 6.99. The fourth-order valence-corrected chi connectivity index (χ4v) is 5.25. The molecule has 0 radical (unpaired) electrons. The van der Waals surface area contributed by atoms with E-state index >= 15 is 0 Å². The van der Waals surface area contributed by atoms with E-state index in [1.54, 1.807) is 0 Å². The van der Waals surface area contributed by atoms with Gasteiger partial charge in [0.2, 0.25) is 6.23 Å². The lowest BCUT2D eigenvalue weighted by molar-refractivity contribution is -0.944. The fraction of sp³-hybridized carbons (Fsp3) is 0.519. The van der Waals surface area contributed by atoms with E-state index in [4.69, 9.17) is 15.2 Å². The highest BCUT2D eigenvalue weighted by Crippen LogP contribution is 2.31. The third kappa shape index (κ3) is 6.14. The molecule has 0 amide bonds. The molecular formula is C27H38N5O3S+. The zero-order chi connectivity index (χ0) is 25.5. The van der Waals surface area contributed by atoms with E-state index < -0.39 is 6.04 Å². The number of nitrogens with zero attached hydrogens (tertiary/aromatic N) is 3. The molecule has 3 heterocycles. The number of unbranched alkanes of at least 4 members (excludes halogenated alkanes) is 3. The summed E-state index contributed by atoms with van der Waals surface area (Å²) in [5.41, 5.74) is 10.2. The van der Waals surface area contributed by atoms with Crippen LogP contribution in [0.4, 0.5) is 0 Å². The monoisotopic (exact) mass is 512 g/mol. The summed E-state index contributed by atoms with van der Waals surface area (Å²) in [7, 11) is 2.11. The Balaban J connectivity index is 1.35. The smallest absolute Gasteiger partial charge is 0.327 e. The number of esters is 1. The van der Waals surface area contributed by atoms with Crippen molar-refractivity contribution < 1.29 is 18.8 Å². The van der Waals surface area contributed by atoms with Crippen LogP contribution < -0.4 is 10.5 Å². The Morgan fingerprint density at radius 3 is 2.92 bits per heavy atom. The molecule has 0 bridgehead atoms. The number of carbonyl (C=O) groups excluding carboxylic acids is 1. The van der Waals surface area contributed by atoms with Crippen LogP contribution in [0.5, 0.6) is 5.88 Å². The minimum absolute atomic E-state index is 0.347. The second-order valence-electron chi connectivity index (χ2n) is 9.91. The molecule has 0 aliphatic carbocycles. The number of carbonyl (C=O) groups is 1. The topological polar surface area (TPSA) is 103 Å². The van der Waals surface area contributed by atoms with Gasteiger partial charge in [-0.2, -0.15) is 4.37 Å². The average molecular weight is 513 g/mol. The third-order valence-corrected chi connectivity index (χ3v) is 7.66. The van der Waals surface area contributed by atoms with Crippen molar-refractivity contribution in [3.63, 3.8) is 0 Å². The first-order valence-electron chi connectivity index (χ1n) is 12.9. The van der Waals surface area contributed by atoms with E-state index in [0.717, 1.165) is 53.5 Å². The minimum atomic E-state index is -0.728. The van der Waals surface area contributed by atoms with Gasteiger partial charge in [-0.3, -0.25) is 9.28 Å². The number of rotatable bonds is 12. The highest BCUT2D eigenvalue weighted by Gasteiger charge is 2.37. The van der Waals surface area contributed by atoms with E-state index in [1.165, 1.54) is 24.6 Å². The lowest BCUT2D eigenvalue weighted by Crippen LogP contribution is -2.56. The molecule has 8 nitrogen and oxygen atoms in total. The average Bonchev–Trinajstić information content (AvgIpc) is 3.51. The second-order valence-corrected chi connectivity index (χ2v) is 10.4. The number of ether oxygens (including phenoxy) is 2. The summed E-state index contributed by atoms with van der Waals surface area (Å²) in [5, 5.41) is 1.08. The van der Waals surface area contributed by atoms with Gasteiger partial charge in [-0.15, -0.1) is 4.37 Å². The molecule has 3 atom stereocenters. The lowest BCUT2D eigenvalue weighted by Gasteiger charge is -2.41. The Morgan fingerprint density at radius 2 is 2.08 bits per heavy atom. The Bertz CT molecular complexity index is 1190. The van der Waals surface area contributed by atoms with Crippen LogP contribution >= 0.6 is 11.7 Å². The summed E-state index contributed by atoms with van der Waals surface area (Å²) in [5.74, 6) is 0.233. The van der Waals surface area contributed by atoms with Gasteiger partial charge in [-0.05, 0) is 18.1 Å². The number of aromatic amines is 1. The zero-order valence-corrected chi connectivity index (χ0v) is 22.4. The van der Waals surface area contributed by atoms with Gasteiger partial charge in [0.1, 0.15) is 18.3 Å². The van der Waals surface area contributed by atoms with Gasteiger partial charge in [0.05, 0.1) is 31.9 Å². The van der Waals surface area contributed by atoms with Gasteiger partial charge in [0, 0.05) is 42.4 Å². The van der Waals surface area contributed by atoms with Crippen LogP contribution in [0.1, 0.15) is 57.2 Å². The largest absolute Gasteiger partial charge is 0.475 e. The van der Waals surface area contributed by atoms with Crippen LogP contribution in [-0.2, 0) is 16.0 Å². The number of likely N-dealkylation sites (N-methyl/N-ethyl adjacent to an activating group) is 1. The summed E-state index contributed by atoms with van der Waals surface area (Å²) in [6, 6.07) is 7.28. The van der Waals surface area contributed by atoms with Crippen LogP contribution in [0, 0.1) is 0 Å². The predicted molar refractivity (Wildman–Crippen MR) is 144 cm³/mol. The number of hydrogen-bond acceptors (Lipinski definition) is 7. The number of nitrogens with two attached hydrogens (primary N) is 1. The van der Waals surface area contributed by atoms with E-state index in [0.29, 0.717) is 29.9 Å². The Labute approximate surface area is 217 Å². The summed E-state index contributed by atoms with van der Waals surface area (Å²) >= 11 is 1.18. The molecule has 194 valence electrons. The molecule has 0 saturated carbocycles. The van der Waals surface area contributed by atoms with Crippen molar-refractivity contribution in [3.8, 4) is 5.88 Å². The number of quaternary nitrogens is 1. The summed E-state index contributed by atoms with van der Waals surface area (Å²) < 4.78 is 21.4. The SMILES string of the molecule is CCCCCCOc1nsnc1C1=CCC[N+](C)([C@H](C)OC(=O)[C@@H](N)Cc2c[nH]c3ccccc23)C1. The van der Waals surface area contributed by atoms with Gasteiger partial charge in [-0.1, -0.05) is 50.5 Å². The molecule has 36 heavy (non-hydrogen) atoms. The van der Waals surface area contributed by atoms with Crippen LogP contribution in [0.15, 0.2) is 36.5 Å². The molecule has 3 aromatic rings. The number of benzene rings is 1. The minimum Gasteiger partial charge on any atom is -0.475 e. The maximum absolute atomic E-state index is 12.9. The van der Waals surface area contributed by atoms with Crippen molar-refractivity contribution in [3.05, 3.63) is 47.8 Å². The molecule has 0 spiro atoms. The first-order valence-corrected chi connectivity index (χ1v) is 13.6. The number of H-pyrrole nitrogens is 1. The lowest BCUT2D eigenvalue weighted by atomic mass is 10.0. The quantitative estimate of drug-likeness (QED) is 0.208. The highest BCUT2D eigenvalue weighted by atomic mass is 32.1. The maximum Gasteiger partial charge on any atom is 0.327 e. The second kappa shape index (κ2) is 12.0. The fourth-order valence-electron chi connectivity index (χ4n) is 4.72. The molecular weight excluding hydrogens is 474 g/mol. The standard InChI is InChI=1S/C27H38N5O3S/c1-4-5-6-9-15-34-26-25(30-36-31-26)20-11-10-14-32(3,18-20)19(2)35-27(33)23(28)16-21-17-29-24-13-8-7-12-22(21)24/h7-8,11-13,17,19,23,29H,4-6,9-10,14-16,18,28H2,1-3H3/q+1/t19-,23-,32?/m0/s1. The van der Waals surface area contributed by atoms with Gasteiger partial charge in [0.25, 0.3) is 5.88 Å². The maximum atomic E-state index is 12.9. The van der Waals surface area contributed by atoms with Gasteiger partial charge >= 0.3 is 5.97 Å². The summed E-state index contributed by atoms with van der Waals surface area (Å²) in [4.78, 5) is 16.2. The molecule has 3 N–H and O–H groups in total. The number of aromatic nitrogens is 3. The van der Waals surface area contributed by atoms with Crippen LogP contribution in [0.3, 0.4) is 0 Å². The Morgan fingerprint density at radius 1 is 1.25 bits per heavy atom. The molecule has 9 heteroatoms. The molecule has 4 rings (SSSR count). The van der Waals surface area contributed by atoms with Gasteiger partial charge < -0.3 is 20.2 Å². The first kappa shape index (κ1) is 26.3. The number of para-hydroxylation sites is 1. The molecule has 2 aromatic heterocycles. The van der Waals surface area contributed by atoms with Crippen molar-refractivity contribution >= 4 is 34.2 Å². The van der Waals surface area contributed by atoms with Crippen LogP contribution in [-0.4, -0.2) is 63.2 Å². The van der Waals surface area contributed by atoms with Crippen molar-refractivity contribution in [2.45, 2.75) is 64.6 Å². The van der Waals surface area contributed by atoms with Crippen molar-refractivity contribution in [1.29, 1.82) is 0 Å². The van der Waals surface area contributed by atoms with Crippen LogP contribution in [0.25, 0.3) is 16.5 Å². The predicted octanol–water partition coefficient (Wildman–Crippen LogP) is 4.67. The number of nitrogens with one attached hydrogen (secondary N) is 1. The number of fused-ring (bicyclic) bond motifs is 1. The van der Waals surface area contributed by atoms with E-state index in [9.17, 15) is 4.79 Å². The van der Waals surface area contributed by atoms with E-state index in [-0.39, 0.29) is 12.2 Å². The normalized spacial score (nSPS) is 19.6. The van der Waals surface area contributed by atoms with Crippen molar-refractivity contribution in [2.24, 2.45) is 5.73 Å². The van der Waals surface area contributed by atoms with E-state index in [1.807, 2.05) is 37.4 Å².